The van der Waals surface area contributed by atoms with E-state index in [0.29, 0.717) is 6.04 Å². The number of nitrogens with one attached hydrogen (secondary N) is 1. The van der Waals surface area contributed by atoms with E-state index in [4.69, 9.17) is 4.74 Å². The van der Waals surface area contributed by atoms with E-state index >= 15 is 0 Å². The molecule has 0 saturated carbocycles. The third-order valence-electron chi connectivity index (χ3n) is 4.08. The number of fused-ring (bicyclic) bond motifs is 1. The van der Waals surface area contributed by atoms with Gasteiger partial charge in [-0.1, -0.05) is 25.1 Å². The first kappa shape index (κ1) is 14.1. The fourth-order valence-electron chi connectivity index (χ4n) is 2.90. The SMILES string of the molecule is CCNC(Cc1ncccc1C)c1ccc2c(c1)CCO2. The van der Waals surface area contributed by atoms with Crippen LogP contribution in [0.15, 0.2) is 36.5 Å². The van der Waals surface area contributed by atoms with Gasteiger partial charge in [0.2, 0.25) is 0 Å². The first-order valence-corrected chi connectivity index (χ1v) is 7.67. The Hall–Kier alpha value is -1.87. The van der Waals surface area contributed by atoms with Crippen LogP contribution in [0.2, 0.25) is 0 Å². The number of hydrogen-bond acceptors (Lipinski definition) is 3. The average molecular weight is 282 g/mol. The van der Waals surface area contributed by atoms with Crippen LogP contribution >= 0.6 is 0 Å². The molecule has 1 aromatic heterocycles. The fourth-order valence-corrected chi connectivity index (χ4v) is 2.90. The minimum Gasteiger partial charge on any atom is -0.493 e. The van der Waals surface area contributed by atoms with Crippen LogP contribution < -0.4 is 10.1 Å². The van der Waals surface area contributed by atoms with Gasteiger partial charge >= 0.3 is 0 Å². The third-order valence-corrected chi connectivity index (χ3v) is 4.08. The maximum absolute atomic E-state index is 5.60. The number of rotatable bonds is 5. The molecule has 0 aliphatic carbocycles. The number of aromatic nitrogens is 1. The highest BCUT2D eigenvalue weighted by atomic mass is 16.5. The number of benzene rings is 1. The molecule has 1 aromatic carbocycles. The van der Waals surface area contributed by atoms with E-state index in [0.717, 1.165) is 31.7 Å². The molecule has 0 radical (unpaired) electrons. The Labute approximate surface area is 126 Å². The molecule has 1 N–H and O–H groups in total. The molecule has 0 bridgehead atoms. The standard InChI is InChI=1S/C18H22N2O/c1-3-19-17(12-16-13(2)5-4-9-20-16)14-6-7-18-15(11-14)8-10-21-18/h4-7,9,11,17,19H,3,8,10,12H2,1-2H3. The highest BCUT2D eigenvalue weighted by Crippen LogP contribution is 2.29. The molecule has 0 spiro atoms. The van der Waals surface area contributed by atoms with E-state index in [1.807, 2.05) is 12.3 Å². The summed E-state index contributed by atoms with van der Waals surface area (Å²) in [4.78, 5) is 4.53. The van der Waals surface area contributed by atoms with E-state index < -0.39 is 0 Å². The van der Waals surface area contributed by atoms with Gasteiger partial charge < -0.3 is 10.1 Å². The van der Waals surface area contributed by atoms with Crippen LogP contribution in [0, 0.1) is 6.92 Å². The second kappa shape index (κ2) is 6.27. The van der Waals surface area contributed by atoms with E-state index in [2.05, 4.69) is 48.4 Å². The number of ether oxygens (including phenoxy) is 1. The lowest BCUT2D eigenvalue weighted by molar-refractivity contribution is 0.356. The van der Waals surface area contributed by atoms with Gasteiger partial charge in [0.05, 0.1) is 6.61 Å². The van der Waals surface area contributed by atoms with Crippen molar-refractivity contribution in [2.75, 3.05) is 13.2 Å². The van der Waals surface area contributed by atoms with Crippen molar-refractivity contribution in [3.63, 3.8) is 0 Å². The largest absolute Gasteiger partial charge is 0.493 e. The number of hydrogen-bond donors (Lipinski definition) is 1. The summed E-state index contributed by atoms with van der Waals surface area (Å²) in [5, 5.41) is 3.58. The summed E-state index contributed by atoms with van der Waals surface area (Å²) in [6.07, 6.45) is 3.81. The van der Waals surface area contributed by atoms with E-state index in [9.17, 15) is 0 Å². The molecule has 3 rings (SSSR count). The summed E-state index contributed by atoms with van der Waals surface area (Å²) in [6.45, 7) is 6.03. The molecule has 0 fully saturated rings. The molecule has 21 heavy (non-hydrogen) atoms. The van der Waals surface area contributed by atoms with Crippen LogP contribution in [0.3, 0.4) is 0 Å². The van der Waals surface area contributed by atoms with Crippen molar-refractivity contribution in [3.05, 3.63) is 58.9 Å². The van der Waals surface area contributed by atoms with E-state index in [1.54, 1.807) is 0 Å². The summed E-state index contributed by atoms with van der Waals surface area (Å²) >= 11 is 0. The fraction of sp³-hybridized carbons (Fsp3) is 0.389. The second-order valence-electron chi connectivity index (χ2n) is 5.55. The van der Waals surface area contributed by atoms with E-state index in [-0.39, 0.29) is 0 Å². The molecule has 0 saturated heterocycles. The molecule has 110 valence electrons. The van der Waals surface area contributed by atoms with Gasteiger partial charge in [0.15, 0.2) is 0 Å². The van der Waals surface area contributed by atoms with Crippen LogP contribution in [0.25, 0.3) is 0 Å². The molecule has 1 unspecified atom stereocenters. The number of likely N-dealkylation sites (N-methyl/N-ethyl adjacent to an activating group) is 1. The van der Waals surface area contributed by atoms with Crippen molar-refractivity contribution in [3.8, 4) is 5.75 Å². The van der Waals surface area contributed by atoms with Crippen molar-refractivity contribution in [1.82, 2.24) is 10.3 Å². The summed E-state index contributed by atoms with van der Waals surface area (Å²) < 4.78 is 5.60. The molecular weight excluding hydrogens is 260 g/mol. The maximum atomic E-state index is 5.60. The molecule has 3 heteroatoms. The Morgan fingerprint density at radius 3 is 3.05 bits per heavy atom. The summed E-state index contributed by atoms with van der Waals surface area (Å²) in [5.74, 6) is 1.04. The quantitative estimate of drug-likeness (QED) is 0.914. The molecule has 2 heterocycles. The normalized spacial score (nSPS) is 14.6. The molecule has 1 aliphatic heterocycles. The molecule has 0 amide bonds. The predicted molar refractivity (Wildman–Crippen MR) is 84.7 cm³/mol. The average Bonchev–Trinajstić information content (AvgIpc) is 2.96. The minimum atomic E-state index is 0.300. The predicted octanol–water partition coefficient (Wildman–Crippen LogP) is 3.22. The van der Waals surface area contributed by atoms with Crippen LogP contribution in [-0.4, -0.2) is 18.1 Å². The summed E-state index contributed by atoms with van der Waals surface area (Å²) in [6, 6.07) is 11.0. The molecule has 2 aromatic rings. The highest BCUT2D eigenvalue weighted by molar-refractivity contribution is 5.41. The smallest absolute Gasteiger partial charge is 0.122 e. The van der Waals surface area contributed by atoms with Crippen LogP contribution in [0.5, 0.6) is 5.75 Å². The van der Waals surface area contributed by atoms with Gasteiger partial charge in [-0.25, -0.2) is 0 Å². The molecule has 3 nitrogen and oxygen atoms in total. The van der Waals surface area contributed by atoms with Gasteiger partial charge in [-0.3, -0.25) is 4.98 Å². The van der Waals surface area contributed by atoms with Crippen LogP contribution in [-0.2, 0) is 12.8 Å². The van der Waals surface area contributed by atoms with Crippen molar-refractivity contribution in [2.45, 2.75) is 32.7 Å². The Kier molecular flexibility index (Phi) is 4.20. The highest BCUT2D eigenvalue weighted by Gasteiger charge is 2.17. The van der Waals surface area contributed by atoms with Gasteiger partial charge in [0.25, 0.3) is 0 Å². The lowest BCUT2D eigenvalue weighted by Crippen LogP contribution is -2.23. The molecular formula is C18H22N2O. The van der Waals surface area contributed by atoms with Gasteiger partial charge in [-0.15, -0.1) is 0 Å². The van der Waals surface area contributed by atoms with Gasteiger partial charge in [0, 0.05) is 30.8 Å². The first-order chi connectivity index (χ1) is 10.3. The van der Waals surface area contributed by atoms with Crippen LogP contribution in [0.4, 0.5) is 0 Å². The maximum Gasteiger partial charge on any atom is 0.122 e. The Morgan fingerprint density at radius 2 is 2.24 bits per heavy atom. The lowest BCUT2D eigenvalue weighted by Gasteiger charge is -2.19. The topological polar surface area (TPSA) is 34.2 Å². The first-order valence-electron chi connectivity index (χ1n) is 7.67. The molecule has 1 aliphatic rings. The second-order valence-corrected chi connectivity index (χ2v) is 5.55. The molecule has 1 atom stereocenters. The zero-order valence-electron chi connectivity index (χ0n) is 12.7. The Bertz CT molecular complexity index is 624. The Balaban J connectivity index is 1.86. The minimum absolute atomic E-state index is 0.300. The van der Waals surface area contributed by atoms with Crippen LogP contribution in [0.1, 0.15) is 35.3 Å². The number of pyridine rings is 1. The third kappa shape index (κ3) is 3.08. The monoisotopic (exact) mass is 282 g/mol. The lowest BCUT2D eigenvalue weighted by atomic mass is 9.97. The van der Waals surface area contributed by atoms with Crippen molar-refractivity contribution >= 4 is 0 Å². The van der Waals surface area contributed by atoms with Crippen molar-refractivity contribution in [1.29, 1.82) is 0 Å². The van der Waals surface area contributed by atoms with Crippen molar-refractivity contribution in [2.24, 2.45) is 0 Å². The van der Waals surface area contributed by atoms with Gasteiger partial charge in [-0.05, 0) is 42.3 Å². The van der Waals surface area contributed by atoms with Gasteiger partial charge in [0.1, 0.15) is 5.75 Å². The summed E-state index contributed by atoms with van der Waals surface area (Å²) in [7, 11) is 0. The zero-order valence-corrected chi connectivity index (χ0v) is 12.7. The van der Waals surface area contributed by atoms with Crippen molar-refractivity contribution < 1.29 is 4.74 Å². The zero-order chi connectivity index (χ0) is 14.7. The van der Waals surface area contributed by atoms with Gasteiger partial charge in [-0.2, -0.15) is 0 Å². The number of nitrogens with zero attached hydrogens (tertiary/aromatic N) is 1. The number of aryl methyl sites for hydroxylation is 1. The summed E-state index contributed by atoms with van der Waals surface area (Å²) in [5.41, 5.74) is 5.07. The van der Waals surface area contributed by atoms with E-state index in [1.165, 1.54) is 22.4 Å². The Morgan fingerprint density at radius 1 is 1.33 bits per heavy atom.